The molecule has 0 radical (unpaired) electrons. The molecule has 4 nitrogen and oxygen atoms in total. The maximum atomic E-state index is 7.02. The summed E-state index contributed by atoms with van der Waals surface area (Å²) in [5.41, 5.74) is 6.71. The Balaban J connectivity index is 1.24. The van der Waals surface area contributed by atoms with Crippen LogP contribution in [0.25, 0.3) is 33.5 Å². The summed E-state index contributed by atoms with van der Waals surface area (Å²) in [6.07, 6.45) is 0. The van der Waals surface area contributed by atoms with Crippen molar-refractivity contribution in [2.75, 3.05) is 0 Å². The predicted molar refractivity (Wildman–Crippen MR) is 217 cm³/mol. The first kappa shape index (κ1) is 29.9. The van der Waals surface area contributed by atoms with Crippen LogP contribution in [0, 0.1) is 6.92 Å². The average molecular weight is 690 g/mol. The lowest BCUT2D eigenvalue weighted by Crippen LogP contribution is -2.75. The second-order valence-electron chi connectivity index (χ2n) is 13.6. The number of benzene rings is 7. The molecule has 51 heavy (non-hydrogen) atoms. The molecule has 7 aromatic carbocycles. The van der Waals surface area contributed by atoms with E-state index in [1.165, 1.54) is 36.7 Å². The summed E-state index contributed by atoms with van der Waals surface area (Å²) in [5.74, 6) is 2.98. The van der Waals surface area contributed by atoms with Crippen molar-refractivity contribution in [2.45, 2.75) is 13.5 Å². The van der Waals surface area contributed by atoms with E-state index in [1.807, 2.05) is 0 Å². The molecule has 1 aliphatic rings. The monoisotopic (exact) mass is 689 g/mol. The van der Waals surface area contributed by atoms with Gasteiger partial charge in [-0.1, -0.05) is 140 Å². The first-order valence-corrected chi connectivity index (χ1v) is 21.9. The Labute approximate surface area is 299 Å². The highest BCUT2D eigenvalue weighted by Crippen LogP contribution is 2.31. The third kappa shape index (κ3) is 4.33. The summed E-state index contributed by atoms with van der Waals surface area (Å²) >= 11 is 0. The molecule has 9 aromatic rings. The second kappa shape index (κ2) is 11.6. The first-order chi connectivity index (χ1) is 25.1. The normalized spacial score (nSPS) is 14.0. The Kier molecular flexibility index (Phi) is 6.78. The topological polar surface area (TPSA) is 31.5 Å². The van der Waals surface area contributed by atoms with Crippen LogP contribution < -0.4 is 35.9 Å². The van der Waals surface area contributed by atoms with Crippen LogP contribution in [0.5, 0.6) is 11.5 Å². The number of ether oxygens (including phenoxy) is 1. The van der Waals surface area contributed by atoms with Crippen molar-refractivity contribution in [3.63, 3.8) is 0 Å². The van der Waals surface area contributed by atoms with E-state index in [-0.39, 0.29) is 0 Å². The Morgan fingerprint density at radius 1 is 0.549 bits per heavy atom. The molecule has 244 valence electrons. The van der Waals surface area contributed by atoms with Gasteiger partial charge < -0.3 is 4.74 Å². The van der Waals surface area contributed by atoms with Crippen molar-refractivity contribution in [1.29, 1.82) is 0 Å². The molecule has 0 spiro atoms. The fraction of sp³-hybridized carbons (Fsp3) is 0.0444. The first-order valence-electron chi connectivity index (χ1n) is 17.6. The molecule has 0 bridgehead atoms. The minimum absolute atomic E-state index is 0.922. The van der Waals surface area contributed by atoms with Crippen molar-refractivity contribution >= 4 is 75.8 Å². The van der Waals surface area contributed by atoms with Gasteiger partial charge in [-0.15, -0.1) is 0 Å². The second-order valence-corrected chi connectivity index (χ2v) is 20.1. The van der Waals surface area contributed by atoms with E-state index in [9.17, 15) is 0 Å². The van der Waals surface area contributed by atoms with Crippen LogP contribution in [0.1, 0.15) is 5.56 Å². The Morgan fingerprint density at radius 3 is 1.88 bits per heavy atom. The van der Waals surface area contributed by atoms with Gasteiger partial charge in [0, 0.05) is 5.69 Å². The van der Waals surface area contributed by atoms with Crippen LogP contribution >= 0.6 is 0 Å². The Bertz CT molecular complexity index is 2710. The molecule has 3 heterocycles. The molecule has 0 saturated carbocycles. The lowest BCUT2D eigenvalue weighted by Gasteiger charge is -2.37. The third-order valence-electron chi connectivity index (χ3n) is 10.9. The van der Waals surface area contributed by atoms with E-state index in [4.69, 9.17) is 9.72 Å². The molecule has 0 amide bonds. The molecule has 1 aliphatic heterocycles. The summed E-state index contributed by atoms with van der Waals surface area (Å²) in [6, 6.07) is 62.2. The molecule has 2 aromatic heterocycles. The molecular formula is C45H35N3OSi2. The minimum atomic E-state index is -2.91. The van der Waals surface area contributed by atoms with Crippen LogP contribution in [-0.4, -0.2) is 30.8 Å². The highest BCUT2D eigenvalue weighted by atomic mass is 28.3. The highest BCUT2D eigenvalue weighted by molar-refractivity contribution is 7.20. The van der Waals surface area contributed by atoms with E-state index >= 15 is 0 Å². The van der Waals surface area contributed by atoms with Gasteiger partial charge in [-0.3, -0.25) is 8.97 Å². The number of hydrogen-bond donors (Lipinski definition) is 0. The van der Waals surface area contributed by atoms with E-state index in [1.54, 1.807) is 0 Å². The third-order valence-corrected chi connectivity index (χ3v) is 18.5. The number of nitrogens with zero attached hydrogens (tertiary/aromatic N) is 3. The van der Waals surface area contributed by atoms with Gasteiger partial charge in [0.15, 0.2) is 8.07 Å². The van der Waals surface area contributed by atoms with Gasteiger partial charge in [0.05, 0.1) is 22.1 Å². The molecular weight excluding hydrogens is 655 g/mol. The highest BCUT2D eigenvalue weighted by Gasteiger charge is 2.45. The van der Waals surface area contributed by atoms with Crippen LogP contribution in [0.3, 0.4) is 0 Å². The fourth-order valence-corrected chi connectivity index (χ4v) is 15.9. The lowest BCUT2D eigenvalue weighted by molar-refractivity contribution is 0.491. The summed E-state index contributed by atoms with van der Waals surface area (Å²) in [5, 5.41) is 8.00. The quantitative estimate of drug-likeness (QED) is 0.160. The zero-order chi connectivity index (χ0) is 34.1. The molecule has 0 N–H and O–H groups in total. The van der Waals surface area contributed by atoms with Gasteiger partial charge in [-0.25, -0.2) is 4.98 Å². The van der Waals surface area contributed by atoms with Gasteiger partial charge in [0.2, 0.25) is 5.78 Å². The largest absolute Gasteiger partial charge is 0.458 e. The van der Waals surface area contributed by atoms with E-state index < -0.39 is 16.9 Å². The van der Waals surface area contributed by atoms with Crippen LogP contribution in [0.4, 0.5) is 0 Å². The van der Waals surface area contributed by atoms with Crippen molar-refractivity contribution in [2.24, 2.45) is 0 Å². The average Bonchev–Trinajstić information content (AvgIpc) is 3.73. The van der Waals surface area contributed by atoms with Gasteiger partial charge in [-0.2, -0.15) is 0 Å². The van der Waals surface area contributed by atoms with Crippen molar-refractivity contribution in [3.05, 3.63) is 175 Å². The van der Waals surface area contributed by atoms with Gasteiger partial charge >= 0.3 is 0 Å². The standard InChI is InChI=1S/C45H35N3OSi2/c1-31-15-13-22-38-43(31)46-45-47(36-20-9-10-21-37(36)48(38)45)32-27-29-35(30-28-32)51(33-16-5-3-6-17-33,34-18-7-4-8-19-34)42-26-14-25-41-44(42)49-39-23-11-12-24-40(39)50(41)2/h3-30,50H,1-2H3. The number of aromatic nitrogens is 3. The van der Waals surface area contributed by atoms with Crippen molar-refractivity contribution in [3.8, 4) is 17.2 Å². The summed E-state index contributed by atoms with van der Waals surface area (Å²) in [7, 11) is -4.41. The molecule has 1 unspecified atom stereocenters. The molecule has 0 saturated heterocycles. The molecule has 1 atom stereocenters. The molecule has 0 aliphatic carbocycles. The molecule has 6 heteroatoms. The fourth-order valence-electron chi connectivity index (χ4n) is 8.54. The zero-order valence-corrected chi connectivity index (χ0v) is 30.6. The van der Waals surface area contributed by atoms with Gasteiger partial charge in [-0.05, 0) is 80.0 Å². The van der Waals surface area contributed by atoms with Crippen LogP contribution in [0.2, 0.25) is 6.55 Å². The number of aryl methyl sites for hydroxylation is 1. The lowest BCUT2D eigenvalue weighted by atomic mass is 10.2. The van der Waals surface area contributed by atoms with Crippen LogP contribution in [0.15, 0.2) is 170 Å². The number of rotatable bonds is 5. The molecule has 10 rings (SSSR count). The number of para-hydroxylation sites is 5. The zero-order valence-electron chi connectivity index (χ0n) is 28.5. The van der Waals surface area contributed by atoms with Gasteiger partial charge in [0.1, 0.15) is 20.3 Å². The summed E-state index contributed by atoms with van der Waals surface area (Å²) in [6.45, 7) is 4.58. The van der Waals surface area contributed by atoms with Gasteiger partial charge in [0.25, 0.3) is 0 Å². The van der Waals surface area contributed by atoms with Crippen molar-refractivity contribution < 1.29 is 4.74 Å². The van der Waals surface area contributed by atoms with E-state index in [0.29, 0.717) is 0 Å². The van der Waals surface area contributed by atoms with E-state index in [0.717, 1.165) is 45.0 Å². The van der Waals surface area contributed by atoms with Crippen LogP contribution in [-0.2, 0) is 0 Å². The SMILES string of the molecule is Cc1cccc2c1nc1n(-c3ccc([Si](c4ccccc4)(c4ccccc4)c4cccc5c4Oc4ccccc4[SiH]5C)cc3)c3ccccc3n21. The predicted octanol–water partition coefficient (Wildman–Crippen LogP) is 6.19. The maximum Gasteiger partial charge on any atom is 0.220 e. The number of fused-ring (bicyclic) bond motifs is 7. The summed E-state index contributed by atoms with van der Waals surface area (Å²) < 4.78 is 11.6. The Hall–Kier alpha value is -5.96. The Morgan fingerprint density at radius 2 is 1.14 bits per heavy atom. The summed E-state index contributed by atoms with van der Waals surface area (Å²) in [4.78, 5) is 5.24. The maximum absolute atomic E-state index is 7.02. The molecule has 0 fully saturated rings. The smallest absolute Gasteiger partial charge is 0.220 e. The van der Waals surface area contributed by atoms with E-state index in [2.05, 4.69) is 192 Å². The number of hydrogen-bond acceptors (Lipinski definition) is 2. The minimum Gasteiger partial charge on any atom is -0.458 e. The van der Waals surface area contributed by atoms with Crippen molar-refractivity contribution in [1.82, 2.24) is 14.0 Å². The number of imidazole rings is 2.